The van der Waals surface area contributed by atoms with E-state index in [0.717, 1.165) is 12.1 Å². The summed E-state index contributed by atoms with van der Waals surface area (Å²) in [4.78, 5) is 12.6. The number of anilines is 1. The van der Waals surface area contributed by atoms with Gasteiger partial charge in [-0.1, -0.05) is 31.4 Å². The highest BCUT2D eigenvalue weighted by Gasteiger charge is 2.24. The molecular weight excluding hydrogens is 365 g/mol. The fourth-order valence-corrected chi connectivity index (χ4v) is 3.76. The number of hydrogen-bond donors (Lipinski definition) is 1. The van der Waals surface area contributed by atoms with E-state index in [1.54, 1.807) is 6.33 Å². The summed E-state index contributed by atoms with van der Waals surface area (Å²) in [6, 6.07) is 0.139. The maximum atomic E-state index is 5.94. The van der Waals surface area contributed by atoms with Crippen LogP contribution in [0.1, 0.15) is 45.6 Å². The van der Waals surface area contributed by atoms with Gasteiger partial charge in [-0.3, -0.25) is 0 Å². The first-order valence-electron chi connectivity index (χ1n) is 9.49. The molecule has 2 aliphatic rings. The maximum absolute atomic E-state index is 5.94. The van der Waals surface area contributed by atoms with Crippen molar-refractivity contribution >= 4 is 25.4 Å². The Morgan fingerprint density at radius 3 is 2.52 bits per heavy atom. The molecule has 27 heavy (non-hydrogen) atoms. The Hall–Kier alpha value is -1.60. The first-order chi connectivity index (χ1) is 13.2. The molecule has 0 aliphatic heterocycles. The number of rotatable bonds is 8. The van der Waals surface area contributed by atoms with Crippen LogP contribution in [0.4, 0.5) is 5.82 Å². The van der Waals surface area contributed by atoms with Crippen molar-refractivity contribution in [1.82, 2.24) is 19.5 Å². The highest BCUT2D eigenvalue weighted by molar-refractivity contribution is 7.47. The topological polar surface area (TPSA) is 97.3 Å². The number of fused-ring (bicyclic) bond motifs is 1. The van der Waals surface area contributed by atoms with Gasteiger partial charge in [0, 0.05) is 6.42 Å². The van der Waals surface area contributed by atoms with Crippen LogP contribution in [-0.2, 0) is 13.8 Å². The van der Waals surface area contributed by atoms with Gasteiger partial charge in [0.15, 0.2) is 19.8 Å². The number of nitrogens with zero attached hydrogens (tertiary/aromatic N) is 4. The summed E-state index contributed by atoms with van der Waals surface area (Å²) in [5.41, 5.74) is 7.21. The van der Waals surface area contributed by atoms with Crippen LogP contribution >= 0.6 is 8.38 Å². The molecule has 2 unspecified atom stereocenters. The number of hydrogen-bond acceptors (Lipinski definition) is 7. The zero-order valence-corrected chi connectivity index (χ0v) is 16.8. The molecule has 1 fully saturated rings. The molecule has 8 nitrogen and oxygen atoms in total. The van der Waals surface area contributed by atoms with E-state index in [2.05, 4.69) is 27.1 Å². The standard InChI is InChI=1S/C15H22N5O3P.C3H6/c1-3-22-24(23-4-2)10-21-12-6-5-11(7-12)20-9-19-13-14(16)17-8-18-15(13)20;1-2-3-1/h5-6,8-9,11-12H,3-4,7,10H2,1-2H3,(H2,16,17,18);1-3H2. The average molecular weight is 393 g/mol. The molecule has 0 aromatic carbocycles. The van der Waals surface area contributed by atoms with Crippen LogP contribution in [0.5, 0.6) is 0 Å². The third-order valence-corrected chi connectivity index (χ3v) is 5.51. The van der Waals surface area contributed by atoms with Gasteiger partial charge in [0.25, 0.3) is 0 Å². The van der Waals surface area contributed by atoms with Crippen LogP contribution in [0, 0.1) is 0 Å². The number of ether oxygens (including phenoxy) is 1. The lowest BCUT2D eigenvalue weighted by Crippen LogP contribution is -2.13. The lowest BCUT2D eigenvalue weighted by molar-refractivity contribution is 0.101. The third-order valence-electron chi connectivity index (χ3n) is 4.06. The Balaban J connectivity index is 0.000000637. The SMILES string of the molecule is C1CC1.CCOP(COC1C=CC(n2cnc3c(N)ncnc32)C1)OCC. The Morgan fingerprint density at radius 2 is 1.85 bits per heavy atom. The Morgan fingerprint density at radius 1 is 1.11 bits per heavy atom. The lowest BCUT2D eigenvalue weighted by atomic mass is 10.2. The van der Waals surface area contributed by atoms with Crippen molar-refractivity contribution in [3.05, 3.63) is 24.8 Å². The van der Waals surface area contributed by atoms with E-state index in [4.69, 9.17) is 19.5 Å². The molecule has 4 rings (SSSR count). The van der Waals surface area contributed by atoms with Crippen molar-refractivity contribution in [2.75, 3.05) is 25.3 Å². The molecular formula is C18H28N5O3P. The Labute approximate surface area is 161 Å². The van der Waals surface area contributed by atoms with Crippen molar-refractivity contribution in [2.24, 2.45) is 0 Å². The summed E-state index contributed by atoms with van der Waals surface area (Å²) in [5, 5.41) is 0. The van der Waals surface area contributed by atoms with Crippen LogP contribution in [0.15, 0.2) is 24.8 Å². The van der Waals surface area contributed by atoms with Crippen LogP contribution < -0.4 is 5.73 Å². The summed E-state index contributed by atoms with van der Waals surface area (Å²) >= 11 is 0. The van der Waals surface area contributed by atoms with Crippen molar-refractivity contribution in [3.8, 4) is 0 Å². The minimum Gasteiger partial charge on any atom is -0.382 e. The summed E-state index contributed by atoms with van der Waals surface area (Å²) in [7, 11) is -0.981. The van der Waals surface area contributed by atoms with Gasteiger partial charge < -0.3 is 24.1 Å². The number of imidazole rings is 1. The van der Waals surface area contributed by atoms with E-state index in [9.17, 15) is 0 Å². The quantitative estimate of drug-likeness (QED) is 0.538. The average Bonchev–Trinajstić information content (AvgIpc) is 3.37. The van der Waals surface area contributed by atoms with E-state index in [-0.39, 0.29) is 12.1 Å². The zero-order chi connectivity index (χ0) is 19.1. The van der Waals surface area contributed by atoms with Gasteiger partial charge in [-0.15, -0.1) is 0 Å². The first kappa shape index (κ1) is 20.1. The normalized spacial score (nSPS) is 20.9. The number of allylic oxidation sites excluding steroid dienone is 1. The molecule has 2 aromatic heterocycles. The molecule has 2 aromatic rings. The third kappa shape index (κ3) is 5.69. The van der Waals surface area contributed by atoms with Crippen molar-refractivity contribution in [1.29, 1.82) is 0 Å². The smallest absolute Gasteiger partial charge is 0.198 e. The molecule has 1 saturated carbocycles. The van der Waals surface area contributed by atoms with Gasteiger partial charge in [-0.05, 0) is 13.8 Å². The van der Waals surface area contributed by atoms with Gasteiger partial charge in [-0.2, -0.15) is 0 Å². The molecule has 2 heterocycles. The highest BCUT2D eigenvalue weighted by Crippen LogP contribution is 2.39. The van der Waals surface area contributed by atoms with E-state index in [1.807, 2.05) is 18.4 Å². The minimum atomic E-state index is -0.981. The Kier molecular flexibility index (Phi) is 7.52. The number of nitrogen functional groups attached to an aromatic ring is 1. The predicted octanol–water partition coefficient (Wildman–Crippen LogP) is 3.81. The lowest BCUT2D eigenvalue weighted by Gasteiger charge is -2.19. The molecule has 0 saturated heterocycles. The number of nitrogens with two attached hydrogens (primary N) is 1. The van der Waals surface area contributed by atoms with Crippen molar-refractivity contribution in [3.63, 3.8) is 0 Å². The summed E-state index contributed by atoms with van der Waals surface area (Å²) in [6.07, 6.45) is 13.2. The fourth-order valence-electron chi connectivity index (χ4n) is 2.65. The Bertz CT molecular complexity index is 743. The predicted molar refractivity (Wildman–Crippen MR) is 106 cm³/mol. The monoisotopic (exact) mass is 393 g/mol. The maximum Gasteiger partial charge on any atom is 0.198 e. The molecule has 2 aliphatic carbocycles. The van der Waals surface area contributed by atoms with Gasteiger partial charge in [0.1, 0.15) is 18.2 Å². The number of aromatic nitrogens is 4. The van der Waals surface area contributed by atoms with Crippen LogP contribution in [0.25, 0.3) is 11.2 Å². The van der Waals surface area contributed by atoms with E-state index >= 15 is 0 Å². The van der Waals surface area contributed by atoms with Gasteiger partial charge in [-0.25, -0.2) is 15.0 Å². The molecule has 0 amide bonds. The van der Waals surface area contributed by atoms with Gasteiger partial charge >= 0.3 is 0 Å². The highest BCUT2D eigenvalue weighted by atomic mass is 31.2. The molecule has 9 heteroatoms. The van der Waals surface area contributed by atoms with Gasteiger partial charge in [0.2, 0.25) is 0 Å². The van der Waals surface area contributed by atoms with E-state index in [1.165, 1.54) is 25.6 Å². The molecule has 0 radical (unpaired) electrons. The second kappa shape index (κ2) is 10.1. The second-order valence-electron chi connectivity index (χ2n) is 6.33. The first-order valence-corrected chi connectivity index (χ1v) is 10.9. The summed E-state index contributed by atoms with van der Waals surface area (Å²) < 4.78 is 19.1. The van der Waals surface area contributed by atoms with Crippen LogP contribution in [-0.4, -0.2) is 45.2 Å². The summed E-state index contributed by atoms with van der Waals surface area (Å²) in [6.45, 7) is 5.16. The molecule has 0 bridgehead atoms. The van der Waals surface area contributed by atoms with E-state index < -0.39 is 8.38 Å². The second-order valence-corrected chi connectivity index (χ2v) is 7.77. The fraction of sp³-hybridized carbons (Fsp3) is 0.611. The molecule has 2 atom stereocenters. The van der Waals surface area contributed by atoms with Crippen LogP contribution in [0.3, 0.4) is 0 Å². The van der Waals surface area contributed by atoms with Crippen molar-refractivity contribution < 1.29 is 13.8 Å². The van der Waals surface area contributed by atoms with Crippen LogP contribution in [0.2, 0.25) is 0 Å². The van der Waals surface area contributed by atoms with E-state index in [0.29, 0.717) is 30.9 Å². The summed E-state index contributed by atoms with van der Waals surface area (Å²) in [5.74, 6) is 0.396. The molecule has 148 valence electrons. The van der Waals surface area contributed by atoms with Crippen molar-refractivity contribution in [2.45, 2.75) is 51.7 Å². The minimum absolute atomic E-state index is 0.0255. The largest absolute Gasteiger partial charge is 0.382 e. The zero-order valence-electron chi connectivity index (χ0n) is 16.0. The van der Waals surface area contributed by atoms with Gasteiger partial charge in [0.05, 0.1) is 31.7 Å². The molecule has 0 spiro atoms. The molecule has 2 N–H and O–H groups in total.